The van der Waals surface area contributed by atoms with E-state index in [9.17, 15) is 9.90 Å². The zero-order valence-corrected chi connectivity index (χ0v) is 15.7. The van der Waals surface area contributed by atoms with Crippen LogP contribution in [0.4, 0.5) is 4.79 Å². The van der Waals surface area contributed by atoms with Gasteiger partial charge in [0, 0.05) is 5.70 Å². The minimum absolute atomic E-state index is 0.133. The fourth-order valence-corrected chi connectivity index (χ4v) is 4.39. The first-order chi connectivity index (χ1) is 13.2. The number of phenols is 1. The zero-order valence-electron chi connectivity index (χ0n) is 15.7. The maximum Gasteiger partial charge on any atom is 0.319 e. The van der Waals surface area contributed by atoms with Crippen molar-refractivity contribution in [2.75, 3.05) is 6.54 Å². The van der Waals surface area contributed by atoms with Crippen LogP contribution < -0.4 is 10.6 Å². The molecule has 6 nitrogen and oxygen atoms in total. The number of nitrogens with one attached hydrogen (secondary N) is 2. The maximum absolute atomic E-state index is 12.2. The van der Waals surface area contributed by atoms with Gasteiger partial charge in [-0.05, 0) is 42.9 Å². The van der Waals surface area contributed by atoms with Gasteiger partial charge < -0.3 is 20.5 Å². The quantitative estimate of drug-likeness (QED) is 0.755. The number of urea groups is 1. The van der Waals surface area contributed by atoms with Gasteiger partial charge >= 0.3 is 6.03 Å². The van der Waals surface area contributed by atoms with Gasteiger partial charge in [0.2, 0.25) is 5.90 Å². The second-order valence-corrected chi connectivity index (χ2v) is 7.57. The molecule has 1 aromatic carbocycles. The van der Waals surface area contributed by atoms with Crippen LogP contribution in [0.5, 0.6) is 5.75 Å². The molecule has 0 radical (unpaired) electrons. The third kappa shape index (κ3) is 3.66. The van der Waals surface area contributed by atoms with E-state index in [0.717, 1.165) is 16.8 Å². The molecule has 6 heteroatoms. The Morgan fingerprint density at radius 3 is 2.81 bits per heavy atom. The number of allylic oxidation sites excluding steroid dienone is 1. The Balaban J connectivity index is 1.63. The van der Waals surface area contributed by atoms with Crippen molar-refractivity contribution in [3.8, 4) is 5.75 Å². The number of hydrogen-bond donors (Lipinski definition) is 3. The van der Waals surface area contributed by atoms with E-state index in [4.69, 9.17) is 9.73 Å². The summed E-state index contributed by atoms with van der Waals surface area (Å²) in [6.45, 7) is 2.69. The van der Waals surface area contributed by atoms with Gasteiger partial charge in [-0.1, -0.05) is 38.3 Å². The lowest BCUT2D eigenvalue weighted by atomic mass is 9.85. The standard InChI is InChI=1S/C21H27N3O3/c1-2-16-18(20-22-12-17(27-20)13-7-4-3-5-8-13)19(24-21(26)23-16)14-9-6-10-15(25)11-14/h6,9-11,13,17,19,25H,2-5,7-8,12H2,1H3,(H2,23,24,26)/t17-,19-/m0/s1. The van der Waals surface area contributed by atoms with Gasteiger partial charge in [-0.15, -0.1) is 0 Å². The van der Waals surface area contributed by atoms with E-state index >= 15 is 0 Å². The number of nitrogens with zero attached hydrogens (tertiary/aromatic N) is 1. The normalized spacial score (nSPS) is 26.3. The van der Waals surface area contributed by atoms with Crippen molar-refractivity contribution in [1.82, 2.24) is 10.6 Å². The average Bonchev–Trinajstić information content (AvgIpc) is 3.17. The van der Waals surface area contributed by atoms with E-state index in [1.807, 2.05) is 13.0 Å². The number of hydrogen-bond acceptors (Lipinski definition) is 4. The predicted octanol–water partition coefficient (Wildman–Crippen LogP) is 3.79. The minimum Gasteiger partial charge on any atom is -0.508 e. The monoisotopic (exact) mass is 369 g/mol. The van der Waals surface area contributed by atoms with Crippen LogP contribution in [0.1, 0.15) is 57.1 Å². The lowest BCUT2D eigenvalue weighted by molar-refractivity contribution is 0.122. The molecule has 3 N–H and O–H groups in total. The van der Waals surface area contributed by atoms with Crippen LogP contribution in [0.3, 0.4) is 0 Å². The number of ether oxygens (including phenoxy) is 1. The largest absolute Gasteiger partial charge is 0.508 e. The van der Waals surface area contributed by atoms with E-state index in [1.165, 1.54) is 32.1 Å². The van der Waals surface area contributed by atoms with Crippen molar-refractivity contribution in [2.24, 2.45) is 10.9 Å². The third-order valence-electron chi connectivity index (χ3n) is 5.79. The summed E-state index contributed by atoms with van der Waals surface area (Å²) >= 11 is 0. The predicted molar refractivity (Wildman–Crippen MR) is 104 cm³/mol. The molecule has 2 atom stereocenters. The molecule has 1 aliphatic carbocycles. The lowest BCUT2D eigenvalue weighted by Gasteiger charge is -2.31. The van der Waals surface area contributed by atoms with E-state index in [-0.39, 0.29) is 23.9 Å². The summed E-state index contributed by atoms with van der Waals surface area (Å²) in [7, 11) is 0. The second-order valence-electron chi connectivity index (χ2n) is 7.57. The fourth-order valence-electron chi connectivity index (χ4n) is 4.39. The van der Waals surface area contributed by atoms with Crippen LogP contribution in [0, 0.1) is 5.92 Å². The number of amides is 2. The van der Waals surface area contributed by atoms with Crippen molar-refractivity contribution in [2.45, 2.75) is 57.6 Å². The highest BCUT2D eigenvalue weighted by molar-refractivity contribution is 5.99. The first-order valence-electron chi connectivity index (χ1n) is 9.96. The van der Waals surface area contributed by atoms with Gasteiger partial charge in [-0.2, -0.15) is 0 Å². The van der Waals surface area contributed by atoms with E-state index in [2.05, 4.69) is 10.6 Å². The molecule has 0 saturated heterocycles. The van der Waals surface area contributed by atoms with Crippen LogP contribution >= 0.6 is 0 Å². The number of benzene rings is 1. The number of phenolic OH excluding ortho intramolecular Hbond substituents is 1. The molecular weight excluding hydrogens is 342 g/mol. The summed E-state index contributed by atoms with van der Waals surface area (Å²) in [5.41, 5.74) is 2.52. The molecule has 2 heterocycles. The molecule has 1 saturated carbocycles. The summed E-state index contributed by atoms with van der Waals surface area (Å²) < 4.78 is 6.33. The first kappa shape index (κ1) is 17.9. The molecule has 3 aliphatic rings. The Labute approximate surface area is 159 Å². The fraction of sp³-hybridized carbons (Fsp3) is 0.524. The molecule has 0 unspecified atom stereocenters. The molecule has 0 spiro atoms. The summed E-state index contributed by atoms with van der Waals surface area (Å²) in [6.07, 6.45) is 7.08. The molecule has 2 aliphatic heterocycles. The molecule has 27 heavy (non-hydrogen) atoms. The topological polar surface area (TPSA) is 83.0 Å². The van der Waals surface area contributed by atoms with Crippen molar-refractivity contribution in [3.05, 3.63) is 41.1 Å². The highest BCUT2D eigenvalue weighted by Gasteiger charge is 2.37. The van der Waals surface area contributed by atoms with Gasteiger partial charge in [0.15, 0.2) is 0 Å². The zero-order chi connectivity index (χ0) is 18.8. The van der Waals surface area contributed by atoms with Gasteiger partial charge in [-0.3, -0.25) is 0 Å². The molecule has 144 valence electrons. The van der Waals surface area contributed by atoms with E-state index < -0.39 is 0 Å². The van der Waals surface area contributed by atoms with Crippen LogP contribution in [-0.2, 0) is 4.74 Å². The lowest BCUT2D eigenvalue weighted by Crippen LogP contribution is -2.45. The second kappa shape index (κ2) is 7.62. The number of aromatic hydroxyl groups is 1. The maximum atomic E-state index is 12.2. The number of carbonyl (C=O) groups is 1. The van der Waals surface area contributed by atoms with Crippen LogP contribution in [0.25, 0.3) is 0 Å². The summed E-state index contributed by atoms with van der Waals surface area (Å²) in [5.74, 6) is 1.37. The SMILES string of the molecule is CCC1=C(C2=NC[C@@H](C3CCCCC3)O2)[C@H](c2cccc(O)c2)NC(=O)N1. The van der Waals surface area contributed by atoms with Crippen molar-refractivity contribution in [3.63, 3.8) is 0 Å². The molecule has 1 aromatic rings. The Kier molecular flexibility index (Phi) is 5.05. The first-order valence-corrected chi connectivity index (χ1v) is 9.96. The highest BCUT2D eigenvalue weighted by atomic mass is 16.5. The Bertz CT molecular complexity index is 781. The Hall–Kier alpha value is -2.50. The molecule has 0 bridgehead atoms. The van der Waals surface area contributed by atoms with Gasteiger partial charge in [0.05, 0.1) is 18.2 Å². The van der Waals surface area contributed by atoms with Gasteiger partial charge in [0.25, 0.3) is 0 Å². The Morgan fingerprint density at radius 2 is 2.07 bits per heavy atom. The van der Waals surface area contributed by atoms with Crippen molar-refractivity contribution >= 4 is 11.9 Å². The summed E-state index contributed by atoms with van der Waals surface area (Å²) in [5, 5.41) is 15.8. The summed E-state index contributed by atoms with van der Waals surface area (Å²) in [4.78, 5) is 16.9. The third-order valence-corrected chi connectivity index (χ3v) is 5.79. The van der Waals surface area contributed by atoms with Gasteiger partial charge in [0.1, 0.15) is 11.9 Å². The van der Waals surface area contributed by atoms with Crippen molar-refractivity contribution in [1.29, 1.82) is 0 Å². The number of aliphatic imine (C=N–C) groups is 1. The number of rotatable bonds is 4. The van der Waals surface area contributed by atoms with Crippen LogP contribution in [0.15, 0.2) is 40.5 Å². The van der Waals surface area contributed by atoms with E-state index in [1.54, 1.807) is 18.2 Å². The molecule has 1 fully saturated rings. The average molecular weight is 369 g/mol. The van der Waals surface area contributed by atoms with E-state index in [0.29, 0.717) is 24.8 Å². The molecule has 4 rings (SSSR count). The van der Waals surface area contributed by atoms with Crippen LogP contribution in [-0.4, -0.2) is 29.7 Å². The summed E-state index contributed by atoms with van der Waals surface area (Å²) in [6, 6.07) is 6.36. The minimum atomic E-state index is -0.385. The molecule has 2 amide bonds. The van der Waals surface area contributed by atoms with Crippen LogP contribution in [0.2, 0.25) is 0 Å². The molecule has 0 aromatic heterocycles. The highest BCUT2D eigenvalue weighted by Crippen LogP contribution is 2.35. The molecular formula is C21H27N3O3. The smallest absolute Gasteiger partial charge is 0.319 e. The van der Waals surface area contributed by atoms with Gasteiger partial charge in [-0.25, -0.2) is 9.79 Å². The number of carbonyl (C=O) groups excluding carboxylic acids is 1. The Morgan fingerprint density at radius 1 is 1.26 bits per heavy atom. The van der Waals surface area contributed by atoms with Crippen molar-refractivity contribution < 1.29 is 14.6 Å².